The van der Waals surface area contributed by atoms with E-state index >= 15 is 0 Å². The predicted molar refractivity (Wildman–Crippen MR) is 83.7 cm³/mol. The molecular formula is C16H24N2O4. The Morgan fingerprint density at radius 3 is 2.36 bits per heavy atom. The topological polar surface area (TPSA) is 87.7 Å². The number of benzene rings is 1. The van der Waals surface area contributed by atoms with Crippen LogP contribution >= 0.6 is 0 Å². The molecule has 22 heavy (non-hydrogen) atoms. The molecule has 0 saturated carbocycles. The number of ether oxygens (including phenoxy) is 1. The maximum absolute atomic E-state index is 11.9. The van der Waals surface area contributed by atoms with E-state index in [9.17, 15) is 14.7 Å². The molecule has 1 rings (SSSR count). The number of hydrogen-bond acceptors (Lipinski definition) is 4. The molecule has 6 heteroatoms. The first-order chi connectivity index (χ1) is 10.2. The monoisotopic (exact) mass is 308 g/mol. The Labute approximate surface area is 130 Å². The van der Waals surface area contributed by atoms with Crippen LogP contribution in [-0.2, 0) is 16.0 Å². The average Bonchev–Trinajstić information content (AvgIpc) is 2.38. The van der Waals surface area contributed by atoms with Gasteiger partial charge in [-0.3, -0.25) is 4.79 Å². The van der Waals surface area contributed by atoms with Crippen LogP contribution in [0.25, 0.3) is 0 Å². The molecule has 1 aromatic rings. The Balaban J connectivity index is 2.32. The van der Waals surface area contributed by atoms with Crippen LogP contribution in [0.5, 0.6) is 5.75 Å². The van der Waals surface area contributed by atoms with E-state index in [2.05, 4.69) is 10.6 Å². The Morgan fingerprint density at radius 2 is 1.82 bits per heavy atom. The van der Waals surface area contributed by atoms with Crippen LogP contribution in [0.2, 0.25) is 0 Å². The van der Waals surface area contributed by atoms with Gasteiger partial charge in [0.2, 0.25) is 5.91 Å². The summed E-state index contributed by atoms with van der Waals surface area (Å²) in [4.78, 5) is 23.4. The fourth-order valence-corrected chi connectivity index (χ4v) is 1.70. The number of aromatic hydroxyl groups is 1. The lowest BCUT2D eigenvalue weighted by Crippen LogP contribution is -2.46. The third-order valence-corrected chi connectivity index (χ3v) is 2.78. The molecule has 3 N–H and O–H groups in total. The van der Waals surface area contributed by atoms with Crippen LogP contribution in [-0.4, -0.2) is 35.3 Å². The smallest absolute Gasteiger partial charge is 0.408 e. The van der Waals surface area contributed by atoms with E-state index in [1.165, 1.54) is 0 Å². The summed E-state index contributed by atoms with van der Waals surface area (Å²) < 4.78 is 5.09. The Morgan fingerprint density at radius 1 is 1.23 bits per heavy atom. The Kier molecular flexibility index (Phi) is 6.22. The number of rotatable bonds is 5. The van der Waals surface area contributed by atoms with Gasteiger partial charge >= 0.3 is 6.09 Å². The minimum absolute atomic E-state index is 0.211. The molecule has 122 valence electrons. The van der Waals surface area contributed by atoms with Crippen LogP contribution in [0.15, 0.2) is 24.3 Å². The van der Waals surface area contributed by atoms with Crippen molar-refractivity contribution >= 4 is 12.0 Å². The van der Waals surface area contributed by atoms with Gasteiger partial charge in [0.15, 0.2) is 0 Å². The Hall–Kier alpha value is -2.24. The number of phenols is 1. The highest BCUT2D eigenvalue weighted by Gasteiger charge is 2.20. The second-order valence-corrected chi connectivity index (χ2v) is 6.08. The van der Waals surface area contributed by atoms with Gasteiger partial charge in [-0.2, -0.15) is 0 Å². The molecule has 1 aromatic carbocycles. The SMILES string of the molecule is CC(NC(=O)OC(C)(C)C)C(=O)NCCc1ccc(O)cc1. The number of carbonyl (C=O) groups excluding carboxylic acids is 2. The first-order valence-corrected chi connectivity index (χ1v) is 7.22. The zero-order valence-corrected chi connectivity index (χ0v) is 13.5. The maximum atomic E-state index is 11.9. The normalized spacial score (nSPS) is 12.4. The van der Waals surface area contributed by atoms with Crippen molar-refractivity contribution in [2.75, 3.05) is 6.54 Å². The molecule has 1 atom stereocenters. The highest BCUT2D eigenvalue weighted by molar-refractivity contribution is 5.85. The molecule has 0 heterocycles. The van der Waals surface area contributed by atoms with E-state index in [1.807, 2.05) is 0 Å². The van der Waals surface area contributed by atoms with Gasteiger partial charge in [0.1, 0.15) is 17.4 Å². The van der Waals surface area contributed by atoms with Crippen LogP contribution in [0.4, 0.5) is 4.79 Å². The fourth-order valence-electron chi connectivity index (χ4n) is 1.70. The third kappa shape index (κ3) is 6.97. The first-order valence-electron chi connectivity index (χ1n) is 7.22. The average molecular weight is 308 g/mol. The van der Waals surface area contributed by atoms with E-state index in [0.717, 1.165) is 5.56 Å². The van der Waals surface area contributed by atoms with Crippen molar-refractivity contribution in [3.8, 4) is 5.75 Å². The van der Waals surface area contributed by atoms with Gasteiger partial charge in [0.05, 0.1) is 0 Å². The minimum atomic E-state index is -0.672. The van der Waals surface area contributed by atoms with Gasteiger partial charge in [-0.05, 0) is 51.8 Å². The van der Waals surface area contributed by atoms with E-state index in [1.54, 1.807) is 52.0 Å². The molecule has 1 unspecified atom stereocenters. The van der Waals surface area contributed by atoms with Gasteiger partial charge in [-0.1, -0.05) is 12.1 Å². The highest BCUT2D eigenvalue weighted by Crippen LogP contribution is 2.09. The summed E-state index contributed by atoms with van der Waals surface area (Å²) in [5.74, 6) is -0.0624. The van der Waals surface area contributed by atoms with Crippen LogP contribution in [0, 0.1) is 0 Å². The van der Waals surface area contributed by atoms with Crippen molar-refractivity contribution < 1.29 is 19.4 Å². The summed E-state index contributed by atoms with van der Waals surface area (Å²) >= 11 is 0. The number of carbonyl (C=O) groups is 2. The molecule has 0 aliphatic rings. The summed E-state index contributed by atoms with van der Waals surface area (Å²) in [5.41, 5.74) is 0.407. The molecule has 0 radical (unpaired) electrons. The molecule has 0 aliphatic carbocycles. The van der Waals surface area contributed by atoms with E-state index < -0.39 is 17.7 Å². The van der Waals surface area contributed by atoms with E-state index in [4.69, 9.17) is 4.74 Å². The van der Waals surface area contributed by atoms with Gasteiger partial charge in [-0.15, -0.1) is 0 Å². The molecular weight excluding hydrogens is 284 g/mol. The minimum Gasteiger partial charge on any atom is -0.508 e. The van der Waals surface area contributed by atoms with E-state index in [0.29, 0.717) is 13.0 Å². The molecule has 0 bridgehead atoms. The van der Waals surface area contributed by atoms with Gasteiger partial charge in [0, 0.05) is 6.54 Å². The van der Waals surface area contributed by atoms with Gasteiger partial charge in [0.25, 0.3) is 0 Å². The lowest BCUT2D eigenvalue weighted by Gasteiger charge is -2.21. The fraction of sp³-hybridized carbons (Fsp3) is 0.500. The van der Waals surface area contributed by atoms with Crippen LogP contribution < -0.4 is 10.6 Å². The highest BCUT2D eigenvalue weighted by atomic mass is 16.6. The maximum Gasteiger partial charge on any atom is 0.408 e. The second-order valence-electron chi connectivity index (χ2n) is 6.08. The van der Waals surface area contributed by atoms with Crippen molar-refractivity contribution in [1.29, 1.82) is 0 Å². The number of phenolic OH excluding ortho intramolecular Hbond substituents is 1. The summed E-state index contributed by atoms with van der Waals surface area (Å²) in [6.45, 7) is 7.32. The van der Waals surface area contributed by atoms with Gasteiger partial charge in [-0.25, -0.2) is 4.79 Å². The first kappa shape index (κ1) is 17.8. The summed E-state index contributed by atoms with van der Waals surface area (Å²) in [5, 5.41) is 14.4. The van der Waals surface area contributed by atoms with Crippen molar-refractivity contribution in [2.45, 2.75) is 45.8 Å². The summed E-state index contributed by atoms with van der Waals surface area (Å²) in [6, 6.07) is 6.12. The van der Waals surface area contributed by atoms with Crippen LogP contribution in [0.1, 0.15) is 33.3 Å². The van der Waals surface area contributed by atoms with E-state index in [-0.39, 0.29) is 11.7 Å². The molecule has 0 aliphatic heterocycles. The molecule has 0 fully saturated rings. The molecule has 0 saturated heterocycles. The number of alkyl carbamates (subject to hydrolysis) is 1. The molecule has 6 nitrogen and oxygen atoms in total. The van der Waals surface area contributed by atoms with Gasteiger partial charge < -0.3 is 20.5 Å². The molecule has 2 amide bonds. The van der Waals surface area contributed by atoms with Crippen molar-refractivity contribution in [3.63, 3.8) is 0 Å². The molecule has 0 spiro atoms. The Bertz CT molecular complexity index is 506. The summed E-state index contributed by atoms with van der Waals surface area (Å²) in [6.07, 6.45) is 0.0271. The van der Waals surface area contributed by atoms with Crippen molar-refractivity contribution in [2.24, 2.45) is 0 Å². The third-order valence-electron chi connectivity index (χ3n) is 2.78. The number of hydrogen-bond donors (Lipinski definition) is 3. The largest absolute Gasteiger partial charge is 0.508 e. The number of nitrogens with one attached hydrogen (secondary N) is 2. The quantitative estimate of drug-likeness (QED) is 0.776. The zero-order chi connectivity index (χ0) is 16.8. The van der Waals surface area contributed by atoms with Crippen LogP contribution in [0.3, 0.4) is 0 Å². The summed E-state index contributed by atoms with van der Waals surface area (Å²) in [7, 11) is 0. The lowest BCUT2D eigenvalue weighted by molar-refractivity contribution is -0.122. The second kappa shape index (κ2) is 7.68. The standard InChI is InChI=1S/C16H24N2O4/c1-11(18-15(21)22-16(2,3)4)14(20)17-10-9-12-5-7-13(19)8-6-12/h5-8,11,19H,9-10H2,1-4H3,(H,17,20)(H,18,21). The zero-order valence-electron chi connectivity index (χ0n) is 13.5. The predicted octanol–water partition coefficient (Wildman–Crippen LogP) is 1.96. The van der Waals surface area contributed by atoms with Crippen molar-refractivity contribution in [3.05, 3.63) is 29.8 Å². The van der Waals surface area contributed by atoms with Crippen molar-refractivity contribution in [1.82, 2.24) is 10.6 Å². The molecule has 0 aromatic heterocycles. The lowest BCUT2D eigenvalue weighted by atomic mass is 10.1. The number of amides is 2.